The van der Waals surface area contributed by atoms with E-state index in [4.69, 9.17) is 18.9 Å². The monoisotopic (exact) mass is 975 g/mol. The van der Waals surface area contributed by atoms with Crippen molar-refractivity contribution in [2.75, 3.05) is 13.2 Å². The summed E-state index contributed by atoms with van der Waals surface area (Å²) in [5.74, 6) is -2.95. The van der Waals surface area contributed by atoms with E-state index >= 15 is 0 Å². The molecule has 71 heavy (non-hydrogen) atoms. The topological polar surface area (TPSA) is 71.1 Å². The average Bonchev–Trinajstić information content (AvgIpc) is 3.37. The molecule has 0 heterocycles. The van der Waals surface area contributed by atoms with Gasteiger partial charge < -0.3 is 18.9 Å². The highest BCUT2D eigenvalue weighted by atomic mass is 19.1. The summed E-state index contributed by atoms with van der Waals surface area (Å²) in [6, 6.07) is 32.2. The molecule has 0 fully saturated rings. The smallest absolute Gasteiger partial charge is 0.343 e. The molecule has 0 atom stereocenters. The number of esters is 2. The third-order valence-electron chi connectivity index (χ3n) is 12.0. The molecule has 0 bridgehead atoms. The molecule has 0 saturated carbocycles. The highest BCUT2D eigenvalue weighted by Crippen LogP contribution is 2.29. The summed E-state index contributed by atoms with van der Waals surface area (Å²) in [4.78, 5) is 25.0. The van der Waals surface area contributed by atoms with Gasteiger partial charge in [-0.05, 0) is 138 Å². The Hall–Kier alpha value is -6.42. The minimum atomic E-state index is -0.650. The standard InChI is InChI=1S/C31H36F2O3.C30H34F2O3/c1-3-5-7-8-9-10-20-35-29-19-17-26(22-28(29)33)24-13-15-25(16-14-24)31(34)36-30-18-12-23(11-6-4-2)21-27(30)32;1-3-5-6-7-8-9-19-34-28-18-16-25(21-27(28)32)23-12-14-24(15-13-23)30(33)35-29-17-11-22(10-4-2)20-26(29)31/h12-19,21-22H,3-11,20H2,1-2H3;11-18,20-21H,3-10,19H2,1-2H3. The molecule has 0 unspecified atom stereocenters. The van der Waals surface area contributed by atoms with Crippen LogP contribution in [-0.4, -0.2) is 25.2 Å². The van der Waals surface area contributed by atoms with Gasteiger partial charge in [0, 0.05) is 0 Å². The second-order valence-electron chi connectivity index (χ2n) is 17.8. The van der Waals surface area contributed by atoms with Gasteiger partial charge in [-0.15, -0.1) is 0 Å². The molecule has 0 saturated heterocycles. The van der Waals surface area contributed by atoms with Crippen LogP contribution in [0.25, 0.3) is 22.3 Å². The molecular weight excluding hydrogens is 905 g/mol. The molecule has 0 radical (unpaired) electrons. The van der Waals surface area contributed by atoms with Crippen molar-refractivity contribution in [3.63, 3.8) is 0 Å². The van der Waals surface area contributed by atoms with E-state index in [9.17, 15) is 27.2 Å². The zero-order valence-electron chi connectivity index (χ0n) is 41.9. The molecule has 10 heteroatoms. The Kier molecular flexibility index (Phi) is 23.7. The van der Waals surface area contributed by atoms with Gasteiger partial charge in [-0.25, -0.2) is 27.2 Å². The summed E-state index contributed by atoms with van der Waals surface area (Å²) in [5.41, 5.74) is 5.15. The fourth-order valence-electron chi connectivity index (χ4n) is 7.87. The van der Waals surface area contributed by atoms with Crippen LogP contribution in [0, 0.1) is 23.3 Å². The van der Waals surface area contributed by atoms with Crippen molar-refractivity contribution in [2.45, 2.75) is 137 Å². The quantitative estimate of drug-likeness (QED) is 0.0222. The van der Waals surface area contributed by atoms with E-state index in [-0.39, 0.29) is 34.1 Å². The molecule has 6 nitrogen and oxygen atoms in total. The molecule has 0 spiro atoms. The fourth-order valence-corrected chi connectivity index (χ4v) is 7.87. The summed E-state index contributed by atoms with van der Waals surface area (Å²) < 4.78 is 79.4. The Morgan fingerprint density at radius 2 is 0.704 bits per heavy atom. The lowest BCUT2D eigenvalue weighted by atomic mass is 10.0. The van der Waals surface area contributed by atoms with Crippen molar-refractivity contribution in [3.05, 3.63) is 167 Å². The third kappa shape index (κ3) is 18.4. The normalized spacial score (nSPS) is 10.9. The maximum Gasteiger partial charge on any atom is 0.343 e. The van der Waals surface area contributed by atoms with Gasteiger partial charge in [-0.1, -0.05) is 153 Å². The van der Waals surface area contributed by atoms with Crippen LogP contribution in [0.3, 0.4) is 0 Å². The molecule has 0 amide bonds. The number of benzene rings is 6. The van der Waals surface area contributed by atoms with E-state index in [1.54, 1.807) is 84.9 Å². The molecule has 378 valence electrons. The van der Waals surface area contributed by atoms with E-state index in [0.717, 1.165) is 80.0 Å². The first-order valence-corrected chi connectivity index (χ1v) is 25.6. The number of hydrogen-bond donors (Lipinski definition) is 0. The molecule has 0 aliphatic rings. The fraction of sp³-hybridized carbons (Fsp3) is 0.377. The van der Waals surface area contributed by atoms with Crippen molar-refractivity contribution in [2.24, 2.45) is 0 Å². The van der Waals surface area contributed by atoms with E-state index < -0.39 is 35.2 Å². The van der Waals surface area contributed by atoms with E-state index in [1.807, 2.05) is 6.92 Å². The first-order valence-electron chi connectivity index (χ1n) is 25.6. The van der Waals surface area contributed by atoms with Crippen LogP contribution in [0.15, 0.2) is 121 Å². The minimum Gasteiger partial charge on any atom is -0.491 e. The Labute approximate surface area is 418 Å². The van der Waals surface area contributed by atoms with Crippen LogP contribution in [0.4, 0.5) is 17.6 Å². The lowest BCUT2D eigenvalue weighted by Gasteiger charge is -2.10. The molecule has 0 aromatic heterocycles. The van der Waals surface area contributed by atoms with E-state index in [2.05, 4.69) is 20.8 Å². The first kappa shape index (κ1) is 55.5. The second kappa shape index (κ2) is 30.3. The highest BCUT2D eigenvalue weighted by molar-refractivity contribution is 5.92. The number of unbranched alkanes of at least 4 members (excludes halogenated alkanes) is 11. The zero-order valence-corrected chi connectivity index (χ0v) is 41.9. The summed E-state index contributed by atoms with van der Waals surface area (Å²) in [6.45, 7) is 9.48. The molecule has 6 aromatic rings. The number of hydrogen-bond acceptors (Lipinski definition) is 6. The molecule has 0 N–H and O–H groups in total. The van der Waals surface area contributed by atoms with Crippen LogP contribution in [0.2, 0.25) is 0 Å². The minimum absolute atomic E-state index is 0.0945. The SMILES string of the molecule is CCCCCCCCOc1ccc(-c2ccc(C(=O)Oc3ccc(CCC)cc3F)cc2)cc1F.CCCCCCCCOc1ccc(-c2ccc(C(=O)Oc3ccc(CCCC)cc3F)cc2)cc1F. The van der Waals surface area contributed by atoms with Crippen molar-refractivity contribution < 1.29 is 46.1 Å². The molecule has 0 aliphatic carbocycles. The van der Waals surface area contributed by atoms with Gasteiger partial charge in [0.05, 0.1) is 24.3 Å². The van der Waals surface area contributed by atoms with Crippen molar-refractivity contribution >= 4 is 11.9 Å². The van der Waals surface area contributed by atoms with Gasteiger partial charge in [0.25, 0.3) is 0 Å². The van der Waals surface area contributed by atoms with Crippen LogP contribution in [0.1, 0.15) is 156 Å². The van der Waals surface area contributed by atoms with Gasteiger partial charge in [-0.3, -0.25) is 0 Å². The lowest BCUT2D eigenvalue weighted by molar-refractivity contribution is 0.0718. The van der Waals surface area contributed by atoms with E-state index in [1.165, 1.54) is 87.8 Å². The van der Waals surface area contributed by atoms with E-state index in [0.29, 0.717) is 24.3 Å². The molecule has 6 aromatic carbocycles. The molecule has 0 aliphatic heterocycles. The van der Waals surface area contributed by atoms with Gasteiger partial charge >= 0.3 is 11.9 Å². The predicted octanol–water partition coefficient (Wildman–Crippen LogP) is 17.5. The second-order valence-corrected chi connectivity index (χ2v) is 17.8. The summed E-state index contributed by atoms with van der Waals surface area (Å²) in [5, 5.41) is 0. The van der Waals surface area contributed by atoms with Crippen molar-refractivity contribution in [1.29, 1.82) is 0 Å². The molecule has 6 rings (SSSR count). The van der Waals surface area contributed by atoms with Gasteiger partial charge in [0.15, 0.2) is 46.3 Å². The predicted molar refractivity (Wildman–Crippen MR) is 277 cm³/mol. The van der Waals surface area contributed by atoms with Crippen molar-refractivity contribution in [1.82, 2.24) is 0 Å². The van der Waals surface area contributed by atoms with Gasteiger partial charge in [-0.2, -0.15) is 0 Å². The number of rotatable bonds is 27. The van der Waals surface area contributed by atoms with Crippen LogP contribution in [-0.2, 0) is 12.8 Å². The maximum atomic E-state index is 14.6. The van der Waals surface area contributed by atoms with Gasteiger partial charge in [0.1, 0.15) is 0 Å². The van der Waals surface area contributed by atoms with Crippen molar-refractivity contribution in [3.8, 4) is 45.3 Å². The number of halogens is 4. The average molecular weight is 975 g/mol. The third-order valence-corrected chi connectivity index (χ3v) is 12.0. The van der Waals surface area contributed by atoms with Crippen LogP contribution in [0.5, 0.6) is 23.0 Å². The Bertz CT molecular complexity index is 2560. The lowest BCUT2D eigenvalue weighted by Crippen LogP contribution is -2.09. The molecular formula is C61H70F4O6. The maximum absolute atomic E-state index is 14.6. The number of aryl methyl sites for hydroxylation is 2. The van der Waals surface area contributed by atoms with Crippen LogP contribution < -0.4 is 18.9 Å². The number of ether oxygens (including phenoxy) is 4. The summed E-state index contributed by atoms with van der Waals surface area (Å²) >= 11 is 0. The largest absolute Gasteiger partial charge is 0.491 e. The summed E-state index contributed by atoms with van der Waals surface area (Å²) in [7, 11) is 0. The summed E-state index contributed by atoms with van der Waals surface area (Å²) in [6.07, 6.45) is 18.2. The Balaban J connectivity index is 0.000000264. The highest BCUT2D eigenvalue weighted by Gasteiger charge is 2.16. The number of carbonyl (C=O) groups excluding carboxylic acids is 2. The Morgan fingerprint density at radius 1 is 0.352 bits per heavy atom. The zero-order chi connectivity index (χ0) is 50.8. The Morgan fingerprint density at radius 3 is 1.08 bits per heavy atom. The first-order chi connectivity index (χ1) is 34.5. The van der Waals surface area contributed by atoms with Gasteiger partial charge in [0.2, 0.25) is 0 Å². The number of carbonyl (C=O) groups is 2. The van der Waals surface area contributed by atoms with Crippen LogP contribution >= 0.6 is 0 Å².